The highest BCUT2D eigenvalue weighted by molar-refractivity contribution is 5.01. The van der Waals surface area contributed by atoms with Crippen LogP contribution in [0, 0.1) is 0 Å². The molecule has 1 N–H and O–H groups in total. The normalized spacial score (nSPS) is 18.3. The van der Waals surface area contributed by atoms with E-state index < -0.39 is 0 Å². The van der Waals surface area contributed by atoms with Gasteiger partial charge in [0.15, 0.2) is 5.89 Å². The van der Waals surface area contributed by atoms with Gasteiger partial charge in [-0.25, -0.2) is 4.98 Å². The maximum absolute atomic E-state index is 5.88. The number of hydrogen-bond donors (Lipinski definition) is 1. The van der Waals surface area contributed by atoms with Crippen LogP contribution in [0.2, 0.25) is 0 Å². The fourth-order valence-corrected chi connectivity index (χ4v) is 2.56. The molecular weight excluding hydrogens is 226 g/mol. The predicted octanol–water partition coefficient (Wildman–Crippen LogP) is 2.03. The van der Waals surface area contributed by atoms with E-state index in [2.05, 4.69) is 22.1 Å². The highest BCUT2D eigenvalue weighted by atomic mass is 16.4. The summed E-state index contributed by atoms with van der Waals surface area (Å²) in [6.45, 7) is 6.78. The van der Waals surface area contributed by atoms with Crippen molar-refractivity contribution >= 4 is 0 Å². The molecule has 1 saturated heterocycles. The van der Waals surface area contributed by atoms with E-state index in [-0.39, 0.29) is 0 Å². The largest absolute Gasteiger partial charge is 0.445 e. The molecule has 0 unspecified atom stereocenters. The first-order valence-corrected chi connectivity index (χ1v) is 7.15. The molecule has 4 heteroatoms. The summed E-state index contributed by atoms with van der Waals surface area (Å²) in [7, 11) is 1.98. The van der Waals surface area contributed by atoms with Gasteiger partial charge in [0.25, 0.3) is 0 Å². The molecule has 1 aromatic rings. The number of rotatable bonds is 6. The summed E-state index contributed by atoms with van der Waals surface area (Å²) >= 11 is 0. The van der Waals surface area contributed by atoms with Crippen LogP contribution in [0.1, 0.15) is 43.8 Å². The summed E-state index contributed by atoms with van der Waals surface area (Å²) in [6.07, 6.45) is 6.38. The van der Waals surface area contributed by atoms with Gasteiger partial charge in [0.05, 0.1) is 6.20 Å². The zero-order valence-electron chi connectivity index (χ0n) is 11.6. The highest BCUT2D eigenvalue weighted by Crippen LogP contribution is 2.27. The number of aryl methyl sites for hydroxylation is 1. The van der Waals surface area contributed by atoms with Crippen molar-refractivity contribution in [1.29, 1.82) is 0 Å². The Morgan fingerprint density at radius 1 is 1.44 bits per heavy atom. The first-order chi connectivity index (χ1) is 8.83. The van der Waals surface area contributed by atoms with E-state index in [1.807, 2.05) is 13.2 Å². The van der Waals surface area contributed by atoms with Gasteiger partial charge < -0.3 is 14.6 Å². The Balaban J connectivity index is 1.82. The third-order valence-electron chi connectivity index (χ3n) is 3.81. The van der Waals surface area contributed by atoms with Crippen LogP contribution in [0.5, 0.6) is 0 Å². The summed E-state index contributed by atoms with van der Waals surface area (Å²) in [5, 5.41) is 3.15. The Morgan fingerprint density at radius 3 is 2.89 bits per heavy atom. The van der Waals surface area contributed by atoms with Gasteiger partial charge >= 0.3 is 0 Å². The van der Waals surface area contributed by atoms with Crippen LogP contribution in [-0.2, 0) is 6.42 Å². The minimum atomic E-state index is 0.533. The topological polar surface area (TPSA) is 41.3 Å². The zero-order chi connectivity index (χ0) is 12.8. The lowest BCUT2D eigenvalue weighted by molar-refractivity contribution is 0.207. The maximum Gasteiger partial charge on any atom is 0.197 e. The van der Waals surface area contributed by atoms with E-state index in [9.17, 15) is 0 Å². The van der Waals surface area contributed by atoms with Gasteiger partial charge in [0, 0.05) is 12.3 Å². The molecule has 102 valence electrons. The standard InChI is InChI=1S/C14H25N3O/c1-3-17-9-6-12(7-10-17)14-16-11-13(18-14)5-4-8-15-2/h11-12,15H,3-10H2,1-2H3. The molecule has 18 heavy (non-hydrogen) atoms. The molecule has 2 rings (SSSR count). The van der Waals surface area contributed by atoms with Gasteiger partial charge in [0.2, 0.25) is 0 Å². The summed E-state index contributed by atoms with van der Waals surface area (Å²) in [6, 6.07) is 0. The van der Waals surface area contributed by atoms with Gasteiger partial charge in [-0.2, -0.15) is 0 Å². The average molecular weight is 251 g/mol. The van der Waals surface area contributed by atoms with E-state index >= 15 is 0 Å². The molecule has 2 heterocycles. The number of hydrogen-bond acceptors (Lipinski definition) is 4. The summed E-state index contributed by atoms with van der Waals surface area (Å²) in [5.74, 6) is 2.54. The van der Waals surface area contributed by atoms with Gasteiger partial charge in [-0.1, -0.05) is 6.92 Å². The lowest BCUT2D eigenvalue weighted by Crippen LogP contribution is -2.32. The Morgan fingerprint density at radius 2 is 2.22 bits per heavy atom. The molecule has 4 nitrogen and oxygen atoms in total. The van der Waals surface area contributed by atoms with Crippen LogP contribution >= 0.6 is 0 Å². The molecule has 0 spiro atoms. The first kappa shape index (κ1) is 13.6. The van der Waals surface area contributed by atoms with Gasteiger partial charge in [-0.15, -0.1) is 0 Å². The van der Waals surface area contributed by atoms with Gasteiger partial charge in [-0.05, 0) is 52.5 Å². The van der Waals surface area contributed by atoms with Gasteiger partial charge in [-0.3, -0.25) is 0 Å². The highest BCUT2D eigenvalue weighted by Gasteiger charge is 2.23. The SMILES string of the molecule is CCN1CCC(c2ncc(CCCNC)o2)CC1. The second kappa shape index (κ2) is 6.90. The van der Waals surface area contributed by atoms with Crippen LogP contribution in [0.25, 0.3) is 0 Å². The van der Waals surface area contributed by atoms with E-state index in [4.69, 9.17) is 4.42 Å². The first-order valence-electron chi connectivity index (χ1n) is 7.15. The zero-order valence-corrected chi connectivity index (χ0v) is 11.6. The fourth-order valence-electron chi connectivity index (χ4n) is 2.56. The number of nitrogens with one attached hydrogen (secondary N) is 1. The number of likely N-dealkylation sites (tertiary alicyclic amines) is 1. The minimum Gasteiger partial charge on any atom is -0.445 e. The smallest absolute Gasteiger partial charge is 0.197 e. The van der Waals surface area contributed by atoms with Crippen LogP contribution in [0.3, 0.4) is 0 Å². The Kier molecular flexibility index (Phi) is 5.20. The Hall–Kier alpha value is -0.870. The molecule has 0 radical (unpaired) electrons. The van der Waals surface area contributed by atoms with Crippen molar-refractivity contribution in [1.82, 2.24) is 15.2 Å². The van der Waals surface area contributed by atoms with Crippen molar-refractivity contribution < 1.29 is 4.42 Å². The average Bonchev–Trinajstić information content (AvgIpc) is 2.88. The second-order valence-electron chi connectivity index (χ2n) is 5.08. The van der Waals surface area contributed by atoms with Crippen LogP contribution < -0.4 is 5.32 Å². The third kappa shape index (κ3) is 3.56. The van der Waals surface area contributed by atoms with Crippen molar-refractivity contribution in [3.05, 3.63) is 17.8 Å². The van der Waals surface area contributed by atoms with Crippen molar-refractivity contribution in [2.24, 2.45) is 0 Å². The molecular formula is C14H25N3O. The molecule has 0 aromatic carbocycles. The lowest BCUT2D eigenvalue weighted by atomic mass is 9.97. The van der Waals surface area contributed by atoms with E-state index in [0.717, 1.165) is 37.6 Å². The van der Waals surface area contributed by atoms with E-state index in [1.54, 1.807) is 0 Å². The summed E-state index contributed by atoms with van der Waals surface area (Å²) in [4.78, 5) is 6.96. The maximum atomic E-state index is 5.88. The molecule has 0 bridgehead atoms. The molecule has 0 amide bonds. The molecule has 1 fully saturated rings. The summed E-state index contributed by atoms with van der Waals surface area (Å²) in [5.41, 5.74) is 0. The van der Waals surface area contributed by atoms with Crippen LogP contribution in [-0.4, -0.2) is 43.1 Å². The summed E-state index contributed by atoms with van der Waals surface area (Å²) < 4.78 is 5.88. The molecule has 0 saturated carbocycles. The Bertz CT molecular complexity index is 343. The fraction of sp³-hybridized carbons (Fsp3) is 0.786. The number of oxazole rings is 1. The van der Waals surface area contributed by atoms with E-state index in [0.29, 0.717) is 5.92 Å². The molecule has 1 aromatic heterocycles. The molecule has 0 atom stereocenters. The monoisotopic (exact) mass is 251 g/mol. The van der Waals surface area contributed by atoms with E-state index in [1.165, 1.54) is 25.9 Å². The number of piperidine rings is 1. The second-order valence-corrected chi connectivity index (χ2v) is 5.08. The van der Waals surface area contributed by atoms with Crippen molar-refractivity contribution in [2.45, 2.75) is 38.5 Å². The van der Waals surface area contributed by atoms with Gasteiger partial charge in [0.1, 0.15) is 5.76 Å². The minimum absolute atomic E-state index is 0.533. The lowest BCUT2D eigenvalue weighted by Gasteiger charge is -2.29. The van der Waals surface area contributed by atoms with Crippen molar-refractivity contribution in [3.8, 4) is 0 Å². The van der Waals surface area contributed by atoms with Crippen LogP contribution in [0.15, 0.2) is 10.6 Å². The predicted molar refractivity (Wildman–Crippen MR) is 72.8 cm³/mol. The van der Waals surface area contributed by atoms with Crippen molar-refractivity contribution in [3.63, 3.8) is 0 Å². The molecule has 0 aliphatic carbocycles. The Labute approximate surface area is 110 Å². The van der Waals surface area contributed by atoms with Crippen LogP contribution in [0.4, 0.5) is 0 Å². The third-order valence-corrected chi connectivity index (χ3v) is 3.81. The number of aromatic nitrogens is 1. The number of nitrogens with zero attached hydrogens (tertiary/aromatic N) is 2. The van der Waals surface area contributed by atoms with Crippen molar-refractivity contribution in [2.75, 3.05) is 33.2 Å². The molecule has 1 aliphatic rings. The molecule has 1 aliphatic heterocycles. The quantitative estimate of drug-likeness (QED) is 0.785.